The van der Waals surface area contributed by atoms with Crippen molar-refractivity contribution in [1.29, 1.82) is 0 Å². The van der Waals surface area contributed by atoms with Gasteiger partial charge in [-0.1, -0.05) is 0 Å². The number of rotatable bonds is 2. The third-order valence-electron chi connectivity index (χ3n) is 2.68. The molecule has 0 aliphatic heterocycles. The van der Waals surface area contributed by atoms with E-state index in [1.54, 1.807) is 0 Å². The number of carbonyl (C=O) groups excluding carboxylic acids is 1. The molecule has 0 unspecified atom stereocenters. The van der Waals surface area contributed by atoms with Crippen LogP contribution in [0.25, 0.3) is 0 Å². The van der Waals surface area contributed by atoms with Crippen molar-refractivity contribution in [1.82, 2.24) is 5.32 Å². The Morgan fingerprint density at radius 3 is 2.29 bits per heavy atom. The van der Waals surface area contributed by atoms with Crippen molar-refractivity contribution < 1.29 is 18.7 Å². The van der Waals surface area contributed by atoms with E-state index in [0.717, 1.165) is 0 Å². The van der Waals surface area contributed by atoms with Crippen molar-refractivity contribution in [3.8, 4) is 0 Å². The van der Waals surface area contributed by atoms with E-state index in [-0.39, 0.29) is 38.0 Å². The average Bonchev–Trinajstić information content (AvgIpc) is 2.11. The molecule has 3 nitrogen and oxygen atoms in total. The highest BCUT2D eigenvalue weighted by Gasteiger charge is 2.42. The molecule has 0 aromatic carbocycles. The van der Waals surface area contributed by atoms with E-state index in [4.69, 9.17) is 0 Å². The maximum Gasteiger partial charge on any atom is 0.248 e. The Morgan fingerprint density at radius 2 is 1.86 bits per heavy atom. The lowest BCUT2D eigenvalue weighted by Crippen LogP contribution is -2.42. The van der Waals surface area contributed by atoms with Gasteiger partial charge in [-0.25, -0.2) is 8.78 Å². The number of alkyl halides is 2. The normalized spacial score (nSPS) is 24.3. The second kappa shape index (κ2) is 3.81. The molecule has 1 aliphatic carbocycles. The van der Waals surface area contributed by atoms with Crippen molar-refractivity contribution in [2.75, 3.05) is 7.05 Å². The summed E-state index contributed by atoms with van der Waals surface area (Å²) >= 11 is 0. The quantitative estimate of drug-likeness (QED) is 0.711. The summed E-state index contributed by atoms with van der Waals surface area (Å²) in [6.07, 6.45) is -0.762. The molecular formula is C9H15F2NO2. The van der Waals surface area contributed by atoms with E-state index < -0.39 is 11.5 Å². The van der Waals surface area contributed by atoms with Crippen molar-refractivity contribution in [2.45, 2.75) is 43.6 Å². The van der Waals surface area contributed by atoms with Crippen LogP contribution in [0.1, 0.15) is 32.1 Å². The van der Waals surface area contributed by atoms with Crippen molar-refractivity contribution in [3.63, 3.8) is 0 Å². The van der Waals surface area contributed by atoms with Gasteiger partial charge >= 0.3 is 0 Å². The zero-order chi connectivity index (χ0) is 10.8. The van der Waals surface area contributed by atoms with Crippen LogP contribution < -0.4 is 5.32 Å². The summed E-state index contributed by atoms with van der Waals surface area (Å²) < 4.78 is 25.5. The summed E-state index contributed by atoms with van der Waals surface area (Å²) in [5.74, 6) is -2.98. The Kier molecular flexibility index (Phi) is 3.09. The highest BCUT2D eigenvalue weighted by molar-refractivity contribution is 5.76. The van der Waals surface area contributed by atoms with Crippen molar-refractivity contribution in [3.05, 3.63) is 0 Å². The molecule has 0 radical (unpaired) electrons. The van der Waals surface area contributed by atoms with Crippen LogP contribution in [0.3, 0.4) is 0 Å². The molecule has 0 bridgehead atoms. The molecule has 1 rings (SSSR count). The van der Waals surface area contributed by atoms with Crippen molar-refractivity contribution in [2.24, 2.45) is 0 Å². The topological polar surface area (TPSA) is 49.3 Å². The predicted molar refractivity (Wildman–Crippen MR) is 47.0 cm³/mol. The summed E-state index contributed by atoms with van der Waals surface area (Å²) in [7, 11) is 1.46. The fourth-order valence-electron chi connectivity index (χ4n) is 1.65. The molecular weight excluding hydrogens is 192 g/mol. The average molecular weight is 207 g/mol. The van der Waals surface area contributed by atoms with Gasteiger partial charge in [0.25, 0.3) is 0 Å². The number of aliphatic hydroxyl groups is 1. The number of halogens is 2. The van der Waals surface area contributed by atoms with Gasteiger partial charge in [-0.3, -0.25) is 4.79 Å². The van der Waals surface area contributed by atoms with Crippen LogP contribution >= 0.6 is 0 Å². The van der Waals surface area contributed by atoms with E-state index in [9.17, 15) is 18.7 Å². The van der Waals surface area contributed by atoms with Crippen LogP contribution in [-0.2, 0) is 4.79 Å². The molecule has 1 amide bonds. The van der Waals surface area contributed by atoms with Crippen LogP contribution in [0.5, 0.6) is 0 Å². The molecule has 0 saturated heterocycles. The lowest BCUT2D eigenvalue weighted by Gasteiger charge is -2.35. The Morgan fingerprint density at radius 1 is 1.36 bits per heavy atom. The number of amides is 1. The number of nitrogens with one attached hydrogen (secondary N) is 1. The summed E-state index contributed by atoms with van der Waals surface area (Å²) in [6.45, 7) is 0. The van der Waals surface area contributed by atoms with Crippen LogP contribution in [0.15, 0.2) is 0 Å². The van der Waals surface area contributed by atoms with E-state index in [0.29, 0.717) is 0 Å². The van der Waals surface area contributed by atoms with Crippen LogP contribution in [0.4, 0.5) is 8.78 Å². The molecule has 82 valence electrons. The molecule has 0 spiro atoms. The number of hydrogen-bond donors (Lipinski definition) is 2. The Bertz CT molecular complexity index is 221. The second-order valence-electron chi connectivity index (χ2n) is 3.93. The van der Waals surface area contributed by atoms with E-state index in [1.165, 1.54) is 7.05 Å². The zero-order valence-corrected chi connectivity index (χ0v) is 8.15. The number of carbonyl (C=O) groups is 1. The second-order valence-corrected chi connectivity index (χ2v) is 3.93. The molecule has 0 atom stereocenters. The molecule has 0 aromatic rings. The molecule has 0 aromatic heterocycles. The first kappa shape index (κ1) is 11.4. The Hall–Kier alpha value is -0.710. The molecule has 5 heteroatoms. The van der Waals surface area contributed by atoms with Gasteiger partial charge in [0.2, 0.25) is 11.8 Å². The van der Waals surface area contributed by atoms with E-state index >= 15 is 0 Å². The van der Waals surface area contributed by atoms with E-state index in [1.807, 2.05) is 0 Å². The van der Waals surface area contributed by atoms with Gasteiger partial charge in [0, 0.05) is 19.9 Å². The maximum atomic E-state index is 12.8. The largest absolute Gasteiger partial charge is 0.389 e. The standard InChI is InChI=1S/C9H15F2NO2/c1-12-7(13)6-8(14)2-4-9(10,11)5-3-8/h14H,2-6H2,1H3,(H,12,13). The smallest absolute Gasteiger partial charge is 0.248 e. The lowest BCUT2D eigenvalue weighted by molar-refractivity contribution is -0.135. The summed E-state index contributed by atoms with van der Waals surface area (Å²) in [5.41, 5.74) is -1.23. The predicted octanol–water partition coefficient (Wildman–Crippen LogP) is 1.06. The fourth-order valence-corrected chi connectivity index (χ4v) is 1.65. The highest BCUT2D eigenvalue weighted by Crippen LogP contribution is 2.39. The van der Waals surface area contributed by atoms with Gasteiger partial charge in [-0.15, -0.1) is 0 Å². The first-order valence-corrected chi connectivity index (χ1v) is 4.68. The van der Waals surface area contributed by atoms with Crippen molar-refractivity contribution >= 4 is 5.91 Å². The van der Waals surface area contributed by atoms with Gasteiger partial charge < -0.3 is 10.4 Å². The summed E-state index contributed by atoms with van der Waals surface area (Å²) in [4.78, 5) is 11.0. The summed E-state index contributed by atoms with van der Waals surface area (Å²) in [5, 5.41) is 12.2. The lowest BCUT2D eigenvalue weighted by atomic mass is 9.80. The minimum atomic E-state index is -2.67. The van der Waals surface area contributed by atoms with E-state index in [2.05, 4.69) is 5.32 Å². The third kappa shape index (κ3) is 2.90. The van der Waals surface area contributed by atoms with Crippen LogP contribution in [-0.4, -0.2) is 29.6 Å². The molecule has 1 fully saturated rings. The first-order valence-electron chi connectivity index (χ1n) is 4.68. The first-order chi connectivity index (χ1) is 6.37. The minimum Gasteiger partial charge on any atom is -0.389 e. The highest BCUT2D eigenvalue weighted by atomic mass is 19.3. The summed E-state index contributed by atoms with van der Waals surface area (Å²) in [6, 6.07) is 0. The SMILES string of the molecule is CNC(=O)CC1(O)CCC(F)(F)CC1. The van der Waals surface area contributed by atoms with Gasteiger partial charge in [-0.05, 0) is 12.8 Å². The van der Waals surface area contributed by atoms with Gasteiger partial charge in [0.1, 0.15) is 0 Å². The molecule has 0 heterocycles. The van der Waals surface area contributed by atoms with Gasteiger partial charge in [0.15, 0.2) is 0 Å². The molecule has 14 heavy (non-hydrogen) atoms. The zero-order valence-electron chi connectivity index (χ0n) is 8.15. The van der Waals surface area contributed by atoms with Gasteiger partial charge in [-0.2, -0.15) is 0 Å². The maximum absolute atomic E-state index is 12.8. The number of hydrogen-bond acceptors (Lipinski definition) is 2. The third-order valence-corrected chi connectivity index (χ3v) is 2.68. The van der Waals surface area contributed by atoms with Gasteiger partial charge in [0.05, 0.1) is 12.0 Å². The van der Waals surface area contributed by atoms with Crippen LogP contribution in [0, 0.1) is 0 Å². The minimum absolute atomic E-state index is 0.00653. The monoisotopic (exact) mass is 207 g/mol. The Labute approximate surface area is 81.5 Å². The molecule has 1 aliphatic rings. The van der Waals surface area contributed by atoms with Crippen LogP contribution in [0.2, 0.25) is 0 Å². The molecule has 2 N–H and O–H groups in total. The fraction of sp³-hybridized carbons (Fsp3) is 0.889. The Balaban J connectivity index is 2.49. The molecule has 1 saturated carbocycles.